The van der Waals surface area contributed by atoms with Crippen LogP contribution in [0.25, 0.3) is 0 Å². The van der Waals surface area contributed by atoms with E-state index in [0.717, 1.165) is 29.0 Å². The molecule has 0 unspecified atom stereocenters. The third-order valence-corrected chi connectivity index (χ3v) is 3.19. The fraction of sp³-hybridized carbons (Fsp3) is 0.400. The van der Waals surface area contributed by atoms with Gasteiger partial charge in [-0.2, -0.15) is 5.10 Å². The topological polar surface area (TPSA) is 36.3 Å². The zero-order valence-corrected chi connectivity index (χ0v) is 12.6. The lowest BCUT2D eigenvalue weighted by Crippen LogP contribution is -2.05. The Morgan fingerprint density at radius 2 is 2.15 bits per heavy atom. The lowest BCUT2D eigenvalue weighted by atomic mass is 10.2. The molecule has 2 aromatic rings. The van der Waals surface area contributed by atoms with E-state index in [1.54, 1.807) is 4.68 Å². The van der Waals surface area contributed by atoms with E-state index < -0.39 is 0 Å². The molecule has 0 saturated heterocycles. The van der Waals surface area contributed by atoms with Crippen LogP contribution in [0.2, 0.25) is 0 Å². The fourth-order valence-corrected chi connectivity index (χ4v) is 2.18. The normalized spacial score (nSPS) is 10.6. The van der Waals surface area contributed by atoms with Crippen molar-refractivity contribution < 1.29 is 9.47 Å². The molecule has 108 valence electrons. The van der Waals surface area contributed by atoms with Gasteiger partial charge in [-0.3, -0.25) is 4.68 Å². The van der Waals surface area contributed by atoms with E-state index in [2.05, 4.69) is 5.10 Å². The van der Waals surface area contributed by atoms with Crippen LogP contribution in [0, 0.1) is 0 Å². The number of alkyl halides is 1. The van der Waals surface area contributed by atoms with Gasteiger partial charge in [-0.15, -0.1) is 11.6 Å². The molecule has 20 heavy (non-hydrogen) atoms. The van der Waals surface area contributed by atoms with Crippen molar-refractivity contribution in [2.45, 2.75) is 19.2 Å². The fourth-order valence-electron chi connectivity index (χ4n) is 1.97. The minimum atomic E-state index is 0.406. The van der Waals surface area contributed by atoms with Crippen molar-refractivity contribution in [1.29, 1.82) is 0 Å². The highest BCUT2D eigenvalue weighted by Crippen LogP contribution is 2.32. The van der Waals surface area contributed by atoms with Crippen LogP contribution in [0.1, 0.15) is 18.1 Å². The van der Waals surface area contributed by atoms with Crippen LogP contribution in [-0.4, -0.2) is 23.0 Å². The molecule has 5 heteroatoms. The van der Waals surface area contributed by atoms with Gasteiger partial charge in [0.2, 0.25) is 0 Å². The molecule has 0 atom stereocenters. The first-order valence-corrected chi connectivity index (χ1v) is 7.19. The molecule has 1 aromatic heterocycles. The van der Waals surface area contributed by atoms with Crippen LogP contribution < -0.4 is 9.47 Å². The van der Waals surface area contributed by atoms with Gasteiger partial charge in [0.05, 0.1) is 25.3 Å². The van der Waals surface area contributed by atoms with E-state index in [-0.39, 0.29) is 0 Å². The monoisotopic (exact) mass is 294 g/mol. The molecule has 1 aromatic carbocycles. The number of benzene rings is 1. The Kier molecular flexibility index (Phi) is 5.30. The summed E-state index contributed by atoms with van der Waals surface area (Å²) in [6, 6.07) is 5.78. The molecule has 0 saturated carbocycles. The number of hydrogen-bond acceptors (Lipinski definition) is 3. The molecular formula is C15H19ClN2O2. The van der Waals surface area contributed by atoms with Crippen molar-refractivity contribution in [3.63, 3.8) is 0 Å². The van der Waals surface area contributed by atoms with Crippen molar-refractivity contribution in [2.75, 3.05) is 13.2 Å². The van der Waals surface area contributed by atoms with Gasteiger partial charge >= 0.3 is 0 Å². The second-order valence-electron chi connectivity index (χ2n) is 4.43. The molecule has 0 fully saturated rings. The van der Waals surface area contributed by atoms with Crippen LogP contribution >= 0.6 is 11.6 Å². The Labute approximate surface area is 124 Å². The molecular weight excluding hydrogens is 276 g/mol. The highest BCUT2D eigenvalue weighted by Gasteiger charge is 2.10. The van der Waals surface area contributed by atoms with Crippen molar-refractivity contribution in [3.05, 3.63) is 41.7 Å². The maximum atomic E-state index is 5.95. The number of halogens is 1. The summed E-state index contributed by atoms with van der Waals surface area (Å²) >= 11 is 5.95. The van der Waals surface area contributed by atoms with E-state index in [1.165, 1.54) is 0 Å². The van der Waals surface area contributed by atoms with Crippen LogP contribution in [0.3, 0.4) is 0 Å². The number of para-hydroxylation sites is 1. The predicted molar refractivity (Wildman–Crippen MR) is 79.6 cm³/mol. The van der Waals surface area contributed by atoms with Crippen molar-refractivity contribution >= 4 is 11.6 Å². The summed E-state index contributed by atoms with van der Waals surface area (Å²) in [6.45, 7) is 3.12. The second kappa shape index (κ2) is 7.20. The van der Waals surface area contributed by atoms with Crippen molar-refractivity contribution in [1.82, 2.24) is 9.78 Å². The standard InChI is InChI=1S/C15H19ClN2O2/c1-3-19-14-6-4-5-13(9-16)15(14)20-8-7-12-10-17-18(2)11-12/h4-6,10-11H,3,7-9H2,1-2H3. The molecule has 0 N–H and O–H groups in total. The van der Waals surface area contributed by atoms with E-state index in [9.17, 15) is 0 Å². The molecule has 0 aliphatic rings. The number of aryl methyl sites for hydroxylation is 1. The Balaban J connectivity index is 2.03. The summed E-state index contributed by atoms with van der Waals surface area (Å²) in [5.74, 6) is 1.90. The quantitative estimate of drug-likeness (QED) is 0.736. The molecule has 1 heterocycles. The molecule has 0 amide bonds. The van der Waals surface area contributed by atoms with Crippen molar-refractivity contribution in [2.24, 2.45) is 7.05 Å². The molecule has 0 radical (unpaired) electrons. The van der Waals surface area contributed by atoms with Gasteiger partial charge in [0.1, 0.15) is 0 Å². The number of ether oxygens (including phenoxy) is 2. The number of rotatable bonds is 7. The maximum Gasteiger partial charge on any atom is 0.165 e. The molecule has 4 nitrogen and oxygen atoms in total. The van der Waals surface area contributed by atoms with Gasteiger partial charge in [0.25, 0.3) is 0 Å². The molecule has 0 aliphatic heterocycles. The average molecular weight is 295 g/mol. The number of nitrogens with zero attached hydrogens (tertiary/aromatic N) is 2. The van der Waals surface area contributed by atoms with Gasteiger partial charge < -0.3 is 9.47 Å². The Bertz CT molecular complexity index is 555. The van der Waals surface area contributed by atoms with Gasteiger partial charge in [-0.25, -0.2) is 0 Å². The lowest BCUT2D eigenvalue weighted by molar-refractivity contribution is 0.277. The van der Waals surface area contributed by atoms with Crippen LogP contribution in [-0.2, 0) is 19.3 Å². The SMILES string of the molecule is CCOc1cccc(CCl)c1OCCc1cnn(C)c1. The third kappa shape index (κ3) is 3.67. The lowest BCUT2D eigenvalue weighted by Gasteiger charge is -2.14. The summed E-state index contributed by atoms with van der Waals surface area (Å²) in [5.41, 5.74) is 2.10. The third-order valence-electron chi connectivity index (χ3n) is 2.90. The van der Waals surface area contributed by atoms with E-state index in [4.69, 9.17) is 21.1 Å². The van der Waals surface area contributed by atoms with E-state index in [0.29, 0.717) is 19.1 Å². The first-order chi connectivity index (χ1) is 9.74. The maximum absolute atomic E-state index is 5.95. The zero-order chi connectivity index (χ0) is 14.4. The van der Waals surface area contributed by atoms with Crippen molar-refractivity contribution in [3.8, 4) is 11.5 Å². The summed E-state index contributed by atoms with van der Waals surface area (Å²) in [5, 5.41) is 4.14. The zero-order valence-electron chi connectivity index (χ0n) is 11.8. The first kappa shape index (κ1) is 14.7. The second-order valence-corrected chi connectivity index (χ2v) is 4.70. The summed E-state index contributed by atoms with van der Waals surface area (Å²) < 4.78 is 13.3. The van der Waals surface area contributed by atoms with E-state index >= 15 is 0 Å². The smallest absolute Gasteiger partial charge is 0.165 e. The molecule has 2 rings (SSSR count). The van der Waals surface area contributed by atoms with Gasteiger partial charge in [0, 0.05) is 25.2 Å². The highest BCUT2D eigenvalue weighted by atomic mass is 35.5. The highest BCUT2D eigenvalue weighted by molar-refractivity contribution is 6.17. The number of aromatic nitrogens is 2. The molecule has 0 bridgehead atoms. The summed E-state index contributed by atoms with van der Waals surface area (Å²) in [6.07, 6.45) is 4.64. The minimum Gasteiger partial charge on any atom is -0.490 e. The van der Waals surface area contributed by atoms with Crippen LogP contribution in [0.15, 0.2) is 30.6 Å². The molecule has 0 spiro atoms. The van der Waals surface area contributed by atoms with Gasteiger partial charge in [-0.1, -0.05) is 12.1 Å². The van der Waals surface area contributed by atoms with Crippen LogP contribution in [0.4, 0.5) is 0 Å². The first-order valence-electron chi connectivity index (χ1n) is 6.65. The Hall–Kier alpha value is -1.68. The van der Waals surface area contributed by atoms with Crippen LogP contribution in [0.5, 0.6) is 11.5 Å². The van der Waals surface area contributed by atoms with E-state index in [1.807, 2.05) is 44.6 Å². The molecule has 0 aliphatic carbocycles. The summed E-state index contributed by atoms with van der Waals surface area (Å²) in [4.78, 5) is 0. The predicted octanol–water partition coefficient (Wildman–Crippen LogP) is 3.18. The van der Waals surface area contributed by atoms with Gasteiger partial charge in [-0.05, 0) is 18.6 Å². The number of hydrogen-bond donors (Lipinski definition) is 0. The average Bonchev–Trinajstić information content (AvgIpc) is 2.86. The Morgan fingerprint density at radius 3 is 2.80 bits per heavy atom. The summed E-state index contributed by atoms with van der Waals surface area (Å²) in [7, 11) is 1.90. The minimum absolute atomic E-state index is 0.406. The van der Waals surface area contributed by atoms with Gasteiger partial charge in [0.15, 0.2) is 11.5 Å². The Morgan fingerprint density at radius 1 is 1.30 bits per heavy atom. The largest absolute Gasteiger partial charge is 0.490 e.